The van der Waals surface area contributed by atoms with Crippen LogP contribution in [0.5, 0.6) is 0 Å². The van der Waals surface area contributed by atoms with Crippen LogP contribution in [0.15, 0.2) is 65.8 Å². The summed E-state index contributed by atoms with van der Waals surface area (Å²) in [4.78, 5) is 11.3. The highest BCUT2D eigenvalue weighted by Gasteiger charge is 2.48. The number of nitrogens with one attached hydrogen (secondary N) is 1. The van der Waals surface area contributed by atoms with Gasteiger partial charge in [-0.1, -0.05) is 67.1 Å². The molecule has 0 aromatic heterocycles. The Morgan fingerprint density at radius 2 is 1.42 bits per heavy atom. The number of nitrogens with zero attached hydrogens (tertiary/aromatic N) is 1. The van der Waals surface area contributed by atoms with E-state index in [0.717, 1.165) is 18.6 Å². The summed E-state index contributed by atoms with van der Waals surface area (Å²) < 4.78 is 0. The van der Waals surface area contributed by atoms with Crippen LogP contribution < -0.4 is 16.5 Å². The summed E-state index contributed by atoms with van der Waals surface area (Å²) in [7, 11) is 0. The van der Waals surface area contributed by atoms with Crippen molar-refractivity contribution in [2.45, 2.75) is 31.3 Å². The fourth-order valence-corrected chi connectivity index (χ4v) is 4.67. The molecule has 134 valence electrons. The number of carbonyl (C=O) groups is 1. The van der Waals surface area contributed by atoms with E-state index in [1.54, 1.807) is 0 Å². The van der Waals surface area contributed by atoms with Crippen LogP contribution in [0.25, 0.3) is 0 Å². The van der Waals surface area contributed by atoms with Crippen molar-refractivity contribution < 1.29 is 10.1 Å². The van der Waals surface area contributed by atoms with Crippen molar-refractivity contribution in [3.63, 3.8) is 0 Å². The molecule has 2 aliphatic rings. The molecule has 5 heteroatoms. The van der Waals surface area contributed by atoms with Crippen LogP contribution in [-0.2, 0) is 0 Å². The van der Waals surface area contributed by atoms with Gasteiger partial charge in [0.25, 0.3) is 0 Å². The molecule has 2 bridgehead atoms. The minimum atomic E-state index is -0.599. The van der Waals surface area contributed by atoms with Crippen LogP contribution in [-0.4, -0.2) is 11.7 Å². The third kappa shape index (κ3) is 3.22. The molecule has 2 aromatic carbocycles. The third-order valence-electron chi connectivity index (χ3n) is 5.74. The van der Waals surface area contributed by atoms with Crippen molar-refractivity contribution in [1.82, 2.24) is 5.43 Å². The molecule has 1 aliphatic carbocycles. The fraction of sp³-hybridized carbons (Fsp3) is 0.333. The van der Waals surface area contributed by atoms with Crippen LogP contribution in [0.2, 0.25) is 0 Å². The van der Waals surface area contributed by atoms with Gasteiger partial charge in [-0.2, -0.15) is 5.10 Å². The van der Waals surface area contributed by atoms with Crippen molar-refractivity contribution in [2.24, 2.45) is 22.7 Å². The first kappa shape index (κ1) is 16.8. The van der Waals surface area contributed by atoms with Crippen LogP contribution in [0, 0.1) is 11.8 Å². The Hall–Kier alpha value is -2.66. The number of amides is 2. The maximum Gasteiger partial charge on any atom is 0.332 e. The van der Waals surface area contributed by atoms with E-state index in [0.29, 0.717) is 23.9 Å². The number of fused-ring (bicyclic) bond motifs is 2. The van der Waals surface area contributed by atoms with Gasteiger partial charge in [0.15, 0.2) is 0 Å². The van der Waals surface area contributed by atoms with Gasteiger partial charge in [-0.05, 0) is 12.8 Å². The summed E-state index contributed by atoms with van der Waals surface area (Å²) in [6.07, 6.45) is 3.37. The molecule has 1 heterocycles. The maximum atomic E-state index is 11.3. The first-order valence-corrected chi connectivity index (χ1v) is 9.32. The van der Waals surface area contributed by atoms with Gasteiger partial charge in [-0.15, -0.1) is 0 Å². The molecule has 2 amide bonds. The van der Waals surface area contributed by atoms with E-state index in [9.17, 15) is 4.79 Å². The molecule has 2 fully saturated rings. The molecule has 1 aliphatic heterocycles. The van der Waals surface area contributed by atoms with Crippen molar-refractivity contribution in [3.8, 4) is 0 Å². The number of hydrazone groups is 1. The quantitative estimate of drug-likeness (QED) is 0.731. The number of benzene rings is 2. The predicted molar refractivity (Wildman–Crippen MR) is 101 cm³/mol. The van der Waals surface area contributed by atoms with Gasteiger partial charge in [-0.25, -0.2) is 10.2 Å². The summed E-state index contributed by atoms with van der Waals surface area (Å²) in [5, 5.41) is 6.99. The lowest BCUT2D eigenvalue weighted by Gasteiger charge is -2.44. The lowest BCUT2D eigenvalue weighted by Crippen LogP contribution is -2.92. The number of carbonyl (C=O) groups excluding carboxylic acids is 1. The summed E-state index contributed by atoms with van der Waals surface area (Å²) in [6.45, 7) is 0. The zero-order valence-corrected chi connectivity index (χ0v) is 14.7. The van der Waals surface area contributed by atoms with E-state index in [1.807, 2.05) is 12.1 Å². The van der Waals surface area contributed by atoms with E-state index >= 15 is 0 Å². The maximum absolute atomic E-state index is 11.3. The van der Waals surface area contributed by atoms with E-state index in [-0.39, 0.29) is 0 Å². The molecule has 1 saturated heterocycles. The lowest BCUT2D eigenvalue weighted by molar-refractivity contribution is -0.749. The SMILES string of the molecule is NC(=O)NN=C1[C@@H]2CCC[C@@H]1[C@H](c1ccccc1)[NH2+][C@H]2c1ccccc1. The Kier molecular flexibility index (Phi) is 4.71. The van der Waals surface area contributed by atoms with Crippen LogP contribution >= 0.6 is 0 Å². The first-order valence-electron chi connectivity index (χ1n) is 9.32. The highest BCUT2D eigenvalue weighted by Crippen LogP contribution is 2.42. The average Bonchev–Trinajstić information content (AvgIpc) is 2.68. The van der Waals surface area contributed by atoms with Crippen LogP contribution in [0.3, 0.4) is 0 Å². The van der Waals surface area contributed by atoms with Gasteiger partial charge in [-0.3, -0.25) is 0 Å². The number of quaternary nitrogens is 1. The number of hydrogen-bond donors (Lipinski definition) is 3. The third-order valence-corrected chi connectivity index (χ3v) is 5.74. The molecule has 2 aromatic rings. The first-order chi connectivity index (χ1) is 12.7. The molecule has 0 spiro atoms. The number of rotatable bonds is 3. The van der Waals surface area contributed by atoms with E-state index < -0.39 is 6.03 Å². The predicted octanol–water partition coefficient (Wildman–Crippen LogP) is 2.49. The second-order valence-corrected chi connectivity index (χ2v) is 7.22. The number of piperidine rings is 1. The molecule has 0 unspecified atom stereocenters. The number of nitrogens with two attached hydrogens (primary N) is 2. The van der Waals surface area contributed by atoms with Gasteiger partial charge in [0, 0.05) is 11.1 Å². The monoisotopic (exact) mass is 349 g/mol. The number of primary amides is 1. The highest BCUT2D eigenvalue weighted by molar-refractivity contribution is 5.92. The van der Waals surface area contributed by atoms with Crippen LogP contribution in [0.1, 0.15) is 42.5 Å². The van der Waals surface area contributed by atoms with Gasteiger partial charge in [0.05, 0.1) is 17.5 Å². The van der Waals surface area contributed by atoms with Gasteiger partial charge >= 0.3 is 6.03 Å². The molecule has 1 saturated carbocycles. The summed E-state index contributed by atoms with van der Waals surface area (Å²) in [5.74, 6) is 0.644. The molecule has 5 nitrogen and oxygen atoms in total. The fourth-order valence-electron chi connectivity index (χ4n) is 4.67. The molecule has 4 atom stereocenters. The van der Waals surface area contributed by atoms with Crippen molar-refractivity contribution in [3.05, 3.63) is 71.8 Å². The molecule has 5 N–H and O–H groups in total. The molecule has 4 rings (SSSR count). The summed E-state index contributed by atoms with van der Waals surface area (Å²) in [5.41, 5.74) is 11.5. The zero-order chi connectivity index (χ0) is 17.9. The Balaban J connectivity index is 1.76. The molecular formula is C21H25N4O+. The molecular weight excluding hydrogens is 324 g/mol. The Labute approximate surface area is 153 Å². The van der Waals surface area contributed by atoms with Gasteiger partial charge in [0.2, 0.25) is 0 Å². The van der Waals surface area contributed by atoms with Crippen molar-refractivity contribution >= 4 is 11.7 Å². The standard InChI is InChI=1S/C21H24N4O/c22-21(26)25-24-20-16-12-7-13-17(20)19(15-10-5-2-6-11-15)23-18(16)14-8-3-1-4-9-14/h1-6,8-11,16-19,23H,7,12-13H2,(H3,22,25,26)/p+1/t16-,17-,18+,19+/m1/s1. The molecule has 0 radical (unpaired) electrons. The normalized spacial score (nSPS) is 27.6. The Morgan fingerprint density at radius 3 is 1.88 bits per heavy atom. The van der Waals surface area contributed by atoms with Gasteiger partial charge in [0.1, 0.15) is 12.1 Å². The minimum absolute atomic E-state index is 0.298. The van der Waals surface area contributed by atoms with E-state index in [2.05, 4.69) is 64.4 Å². The smallest absolute Gasteiger partial charge is 0.332 e. The summed E-state index contributed by atoms with van der Waals surface area (Å²) >= 11 is 0. The van der Waals surface area contributed by atoms with Crippen molar-refractivity contribution in [2.75, 3.05) is 0 Å². The van der Waals surface area contributed by atoms with Gasteiger partial charge < -0.3 is 11.1 Å². The van der Waals surface area contributed by atoms with E-state index in [4.69, 9.17) is 5.73 Å². The molecule has 26 heavy (non-hydrogen) atoms. The number of urea groups is 1. The second kappa shape index (κ2) is 7.30. The van der Waals surface area contributed by atoms with Crippen LogP contribution in [0.4, 0.5) is 4.79 Å². The topological polar surface area (TPSA) is 84.1 Å². The van der Waals surface area contributed by atoms with E-state index in [1.165, 1.54) is 17.5 Å². The zero-order valence-electron chi connectivity index (χ0n) is 14.7. The lowest BCUT2D eigenvalue weighted by atomic mass is 9.67. The van der Waals surface area contributed by atoms with Crippen molar-refractivity contribution in [1.29, 1.82) is 0 Å². The Bertz CT molecular complexity index is 735. The highest BCUT2D eigenvalue weighted by atomic mass is 16.2. The summed E-state index contributed by atoms with van der Waals surface area (Å²) in [6, 6.07) is 21.2. The largest absolute Gasteiger partial charge is 0.350 e. The second-order valence-electron chi connectivity index (χ2n) is 7.22. The minimum Gasteiger partial charge on any atom is -0.350 e. The Morgan fingerprint density at radius 1 is 0.923 bits per heavy atom. The number of hydrogen-bond acceptors (Lipinski definition) is 2. The average molecular weight is 349 g/mol.